The first-order chi connectivity index (χ1) is 21.4. The molecule has 260 valence electrons. The zero-order valence-electron chi connectivity index (χ0n) is 26.4. The van der Waals surface area contributed by atoms with Gasteiger partial charge < -0.3 is 73.5 Å². The van der Waals surface area contributed by atoms with Crippen molar-refractivity contribution < 1.29 is 34.4 Å². The smallest absolute Gasteiger partial charge is 0.407 e. The van der Waals surface area contributed by atoms with Crippen molar-refractivity contribution in [1.82, 2.24) is 37.2 Å². The van der Waals surface area contributed by atoms with E-state index in [1.165, 1.54) is 0 Å². The van der Waals surface area contributed by atoms with Gasteiger partial charge in [0.05, 0.1) is 0 Å². The number of aliphatic hydroxyl groups excluding tert-OH is 3. The van der Waals surface area contributed by atoms with Crippen molar-refractivity contribution in [2.24, 2.45) is 11.5 Å². The van der Waals surface area contributed by atoms with Gasteiger partial charge in [0.15, 0.2) is 6.29 Å². The van der Waals surface area contributed by atoms with Gasteiger partial charge in [-0.3, -0.25) is 0 Å². The zero-order chi connectivity index (χ0) is 32.3. The Labute approximate surface area is 262 Å². The molecule has 0 spiro atoms. The fourth-order valence-electron chi connectivity index (χ4n) is 4.42. The van der Waals surface area contributed by atoms with E-state index in [4.69, 9.17) is 20.9 Å². The number of ether oxygens (including phenoxy) is 2. The standard InChI is InChI=1S/C28H61N9O7/c29-9-5-15-31-11-1-3-13-33-17-7-19-35-27(41)37-23-25(39)24(38)22(44-26(23)40)21-43-28(42)36-20-8-18-34-14-4-2-12-32-16-6-10-30/h22-26,31-34,38-40H,1-21,29-30H2,(H,36,42)(H2,35,37,41)/t22-,23-,24-,25-,26-/m1/s1. The van der Waals surface area contributed by atoms with Gasteiger partial charge in [0.2, 0.25) is 0 Å². The van der Waals surface area contributed by atoms with Crippen LogP contribution in [0.15, 0.2) is 0 Å². The molecule has 1 rings (SSSR count). The number of rotatable bonds is 27. The summed E-state index contributed by atoms with van der Waals surface area (Å²) in [7, 11) is 0. The number of nitrogens with one attached hydrogen (secondary N) is 7. The Kier molecular flexibility index (Phi) is 25.1. The number of aliphatic hydroxyl groups is 3. The third-order valence-corrected chi connectivity index (χ3v) is 7.04. The van der Waals surface area contributed by atoms with Crippen molar-refractivity contribution in [3.63, 3.8) is 0 Å². The first kappa shape index (κ1) is 40.2. The van der Waals surface area contributed by atoms with Crippen LogP contribution in [0.4, 0.5) is 9.59 Å². The number of unbranched alkanes of at least 4 members (excludes halogenated alkanes) is 2. The molecule has 0 bridgehead atoms. The van der Waals surface area contributed by atoms with Crippen LogP contribution >= 0.6 is 0 Å². The highest BCUT2D eigenvalue weighted by molar-refractivity contribution is 5.74. The molecule has 0 aromatic carbocycles. The molecule has 0 radical (unpaired) electrons. The van der Waals surface area contributed by atoms with Crippen LogP contribution < -0.4 is 48.7 Å². The SMILES string of the molecule is NCCCNCCCCNCCCNC(=O)N[C@@H]1[C@@H](O)[C@H](O)[C@@H](COC(=O)NCCCNCCCCNCCCN)O[C@H]1O. The van der Waals surface area contributed by atoms with Crippen molar-refractivity contribution in [1.29, 1.82) is 0 Å². The number of alkyl carbamates (subject to hydrolysis) is 1. The highest BCUT2D eigenvalue weighted by Gasteiger charge is 2.45. The van der Waals surface area contributed by atoms with Gasteiger partial charge >= 0.3 is 12.1 Å². The lowest BCUT2D eigenvalue weighted by Crippen LogP contribution is -2.65. The molecular formula is C28H61N9O7. The summed E-state index contributed by atoms with van der Waals surface area (Å²) in [4.78, 5) is 24.2. The summed E-state index contributed by atoms with van der Waals surface area (Å²) in [6.45, 7) is 8.92. The zero-order valence-corrected chi connectivity index (χ0v) is 26.4. The average Bonchev–Trinajstić information content (AvgIpc) is 3.01. The summed E-state index contributed by atoms with van der Waals surface area (Å²) >= 11 is 0. The second-order valence-electron chi connectivity index (χ2n) is 10.9. The highest BCUT2D eigenvalue weighted by Crippen LogP contribution is 2.20. The molecule has 1 aliphatic rings. The summed E-state index contributed by atoms with van der Waals surface area (Å²) in [5.41, 5.74) is 10.9. The van der Waals surface area contributed by atoms with E-state index in [-0.39, 0.29) is 6.61 Å². The van der Waals surface area contributed by atoms with E-state index in [9.17, 15) is 24.9 Å². The van der Waals surface area contributed by atoms with Crippen molar-refractivity contribution in [2.75, 3.05) is 85.1 Å². The first-order valence-electron chi connectivity index (χ1n) is 16.3. The molecule has 0 aromatic heterocycles. The molecule has 16 nitrogen and oxygen atoms in total. The quantitative estimate of drug-likeness (QED) is 0.0409. The predicted octanol–water partition coefficient (Wildman–Crippen LogP) is -2.78. The summed E-state index contributed by atoms with van der Waals surface area (Å²) in [5, 5.41) is 52.2. The molecule has 5 atom stereocenters. The van der Waals surface area contributed by atoms with Crippen LogP contribution in [0, 0.1) is 0 Å². The maximum atomic E-state index is 12.2. The summed E-state index contributed by atoms with van der Waals surface area (Å²) in [6, 6.07) is -1.86. The van der Waals surface area contributed by atoms with Crippen LogP contribution in [0.3, 0.4) is 0 Å². The van der Waals surface area contributed by atoms with E-state index in [2.05, 4.69) is 37.2 Å². The Bertz CT molecular complexity index is 712. The number of carbonyl (C=O) groups is 2. The Balaban J connectivity index is 2.09. The second-order valence-corrected chi connectivity index (χ2v) is 10.9. The van der Waals surface area contributed by atoms with Gasteiger partial charge in [0, 0.05) is 13.1 Å². The average molecular weight is 636 g/mol. The molecular weight excluding hydrogens is 574 g/mol. The molecule has 16 heteroatoms. The molecule has 14 N–H and O–H groups in total. The number of carbonyl (C=O) groups excluding carboxylic acids is 2. The van der Waals surface area contributed by atoms with Crippen LogP contribution in [0.2, 0.25) is 0 Å². The summed E-state index contributed by atoms with van der Waals surface area (Å²) < 4.78 is 10.4. The molecule has 0 saturated carbocycles. The minimum atomic E-state index is -1.60. The van der Waals surface area contributed by atoms with E-state index in [0.717, 1.165) is 90.9 Å². The fraction of sp³-hybridized carbons (Fsp3) is 0.929. The van der Waals surface area contributed by atoms with Crippen LogP contribution in [0.5, 0.6) is 0 Å². The lowest BCUT2D eigenvalue weighted by Gasteiger charge is -2.40. The van der Waals surface area contributed by atoms with Crippen molar-refractivity contribution in [3.8, 4) is 0 Å². The monoisotopic (exact) mass is 635 g/mol. The Morgan fingerprint density at radius 1 is 0.614 bits per heavy atom. The largest absolute Gasteiger partial charge is 0.447 e. The summed E-state index contributed by atoms with van der Waals surface area (Å²) in [6.07, 6.45) is 1.16. The second kappa shape index (κ2) is 27.5. The van der Waals surface area contributed by atoms with E-state index < -0.39 is 42.8 Å². The highest BCUT2D eigenvalue weighted by atomic mass is 16.6. The summed E-state index contributed by atoms with van der Waals surface area (Å²) in [5.74, 6) is 0. The van der Waals surface area contributed by atoms with Gasteiger partial charge in [-0.15, -0.1) is 0 Å². The fourth-order valence-corrected chi connectivity index (χ4v) is 4.42. The van der Waals surface area contributed by atoms with Crippen LogP contribution in [-0.4, -0.2) is 143 Å². The van der Waals surface area contributed by atoms with Gasteiger partial charge in [-0.25, -0.2) is 9.59 Å². The topological polar surface area (TPSA) is 250 Å². The molecule has 1 aliphatic heterocycles. The lowest BCUT2D eigenvalue weighted by molar-refractivity contribution is -0.252. The number of hydrogen-bond acceptors (Lipinski definition) is 13. The van der Waals surface area contributed by atoms with E-state index in [0.29, 0.717) is 39.0 Å². The number of urea groups is 1. The van der Waals surface area contributed by atoms with Gasteiger partial charge in [0.1, 0.15) is 31.0 Å². The molecule has 0 unspecified atom stereocenters. The first-order valence-corrected chi connectivity index (χ1v) is 16.3. The minimum Gasteiger partial charge on any atom is -0.447 e. The Morgan fingerprint density at radius 2 is 1.07 bits per heavy atom. The molecule has 1 saturated heterocycles. The number of hydrogen-bond donors (Lipinski definition) is 12. The maximum absolute atomic E-state index is 12.2. The van der Waals surface area contributed by atoms with Gasteiger partial charge in [-0.2, -0.15) is 0 Å². The molecule has 44 heavy (non-hydrogen) atoms. The minimum absolute atomic E-state index is 0.380. The normalized spacial score (nSPS) is 21.6. The van der Waals surface area contributed by atoms with E-state index in [1.807, 2.05) is 0 Å². The number of amides is 3. The predicted molar refractivity (Wildman–Crippen MR) is 169 cm³/mol. The van der Waals surface area contributed by atoms with E-state index in [1.54, 1.807) is 0 Å². The van der Waals surface area contributed by atoms with Crippen LogP contribution in [0.1, 0.15) is 51.4 Å². The Morgan fingerprint density at radius 3 is 1.57 bits per heavy atom. The Hall–Kier alpha value is -1.86. The van der Waals surface area contributed by atoms with Crippen LogP contribution in [0.25, 0.3) is 0 Å². The van der Waals surface area contributed by atoms with Gasteiger partial charge in [-0.05, 0) is 117 Å². The molecule has 1 heterocycles. The van der Waals surface area contributed by atoms with Crippen molar-refractivity contribution in [2.45, 2.75) is 82.0 Å². The third kappa shape index (κ3) is 20.2. The number of nitrogens with two attached hydrogens (primary N) is 2. The maximum Gasteiger partial charge on any atom is 0.407 e. The molecule has 3 amide bonds. The molecule has 1 fully saturated rings. The van der Waals surface area contributed by atoms with Gasteiger partial charge in [-0.1, -0.05) is 0 Å². The third-order valence-electron chi connectivity index (χ3n) is 7.04. The van der Waals surface area contributed by atoms with Crippen molar-refractivity contribution >= 4 is 12.1 Å². The lowest BCUT2D eigenvalue weighted by atomic mass is 9.97. The van der Waals surface area contributed by atoms with Gasteiger partial charge in [0.25, 0.3) is 0 Å². The molecule has 0 aliphatic carbocycles. The van der Waals surface area contributed by atoms with E-state index >= 15 is 0 Å². The molecule has 0 aromatic rings. The van der Waals surface area contributed by atoms with Crippen LogP contribution in [-0.2, 0) is 9.47 Å². The van der Waals surface area contributed by atoms with Crippen molar-refractivity contribution in [3.05, 3.63) is 0 Å².